The number of fused-ring (bicyclic) bond motifs is 2. The molecule has 0 radical (unpaired) electrons. The van der Waals surface area contributed by atoms with Crippen LogP contribution in [-0.2, 0) is 18.3 Å². The topological polar surface area (TPSA) is 101 Å². The number of aliphatic hydroxyl groups excluding tert-OH is 1. The molecule has 0 saturated carbocycles. The van der Waals surface area contributed by atoms with Gasteiger partial charge in [0.25, 0.3) is 0 Å². The van der Waals surface area contributed by atoms with Gasteiger partial charge in [0.05, 0.1) is 37.4 Å². The summed E-state index contributed by atoms with van der Waals surface area (Å²) >= 11 is 0. The van der Waals surface area contributed by atoms with Gasteiger partial charge in [-0.2, -0.15) is 9.97 Å². The highest BCUT2D eigenvalue weighted by molar-refractivity contribution is 5.86. The van der Waals surface area contributed by atoms with Crippen LogP contribution in [0.25, 0.3) is 28.1 Å². The third kappa shape index (κ3) is 4.53. The third-order valence-corrected chi connectivity index (χ3v) is 7.99. The molecule has 2 aliphatic heterocycles. The Bertz CT molecular complexity index is 1410. The average Bonchev–Trinajstić information content (AvgIpc) is 3.45. The summed E-state index contributed by atoms with van der Waals surface area (Å²) in [6.45, 7) is 11.8. The molecule has 0 amide bonds. The number of aliphatic hydroxyl groups is 1. The van der Waals surface area contributed by atoms with E-state index in [-0.39, 0.29) is 12.6 Å². The van der Waals surface area contributed by atoms with E-state index >= 15 is 0 Å². The minimum atomic E-state index is 0.220. The quantitative estimate of drug-likeness (QED) is 0.391. The highest BCUT2D eigenvalue weighted by atomic mass is 16.5. The van der Waals surface area contributed by atoms with Crippen LogP contribution in [0.3, 0.4) is 0 Å². The van der Waals surface area contributed by atoms with E-state index in [4.69, 9.17) is 24.7 Å². The van der Waals surface area contributed by atoms with Crippen LogP contribution in [0, 0.1) is 6.92 Å². The van der Waals surface area contributed by atoms with Gasteiger partial charge in [-0.25, -0.2) is 9.97 Å². The van der Waals surface area contributed by atoms with E-state index in [1.54, 1.807) is 0 Å². The molecule has 0 unspecified atom stereocenters. The molecule has 6 rings (SSSR count). The summed E-state index contributed by atoms with van der Waals surface area (Å²) in [7, 11) is 2.05. The Morgan fingerprint density at radius 2 is 1.74 bits per heavy atom. The molecule has 5 heterocycles. The van der Waals surface area contributed by atoms with Crippen molar-refractivity contribution in [3.63, 3.8) is 0 Å². The molecule has 0 bridgehead atoms. The fraction of sp³-hybridized carbons (Fsp3) is 0.556. The first-order valence-corrected chi connectivity index (χ1v) is 13.6. The Hall–Kier alpha value is -3.12. The first kappa shape index (κ1) is 25.2. The summed E-state index contributed by atoms with van der Waals surface area (Å²) in [5.41, 5.74) is 3.58. The zero-order valence-electron chi connectivity index (χ0n) is 22.5. The smallest absolute Gasteiger partial charge is 0.239 e. The predicted octanol–water partition coefficient (Wildman–Crippen LogP) is 1.74. The van der Waals surface area contributed by atoms with Crippen molar-refractivity contribution in [3.05, 3.63) is 35.9 Å². The number of hydrogen-bond donors (Lipinski definition) is 1. The number of rotatable bonds is 7. The first-order chi connectivity index (χ1) is 18.6. The average molecular weight is 520 g/mol. The van der Waals surface area contributed by atoms with Gasteiger partial charge in [0.1, 0.15) is 11.6 Å². The van der Waals surface area contributed by atoms with Crippen LogP contribution in [0.2, 0.25) is 0 Å². The zero-order valence-corrected chi connectivity index (χ0v) is 22.5. The number of anilines is 1. The van der Waals surface area contributed by atoms with Crippen LogP contribution >= 0.6 is 0 Å². The number of piperazine rings is 1. The molecule has 2 aliphatic rings. The summed E-state index contributed by atoms with van der Waals surface area (Å²) < 4.78 is 9.79. The first-order valence-electron chi connectivity index (χ1n) is 13.6. The van der Waals surface area contributed by atoms with Crippen molar-refractivity contribution in [2.24, 2.45) is 7.05 Å². The van der Waals surface area contributed by atoms with E-state index in [0.29, 0.717) is 19.2 Å². The van der Waals surface area contributed by atoms with Crippen LogP contribution in [0.4, 0.5) is 5.82 Å². The molecular weight excluding hydrogens is 482 g/mol. The van der Waals surface area contributed by atoms with Gasteiger partial charge in [-0.05, 0) is 25.5 Å². The van der Waals surface area contributed by atoms with E-state index < -0.39 is 0 Å². The van der Waals surface area contributed by atoms with Gasteiger partial charge in [-0.1, -0.05) is 19.1 Å². The van der Waals surface area contributed by atoms with Crippen molar-refractivity contribution in [3.8, 4) is 5.95 Å². The van der Waals surface area contributed by atoms with Gasteiger partial charge >= 0.3 is 0 Å². The second kappa shape index (κ2) is 10.6. The van der Waals surface area contributed by atoms with Gasteiger partial charge in [-0.3, -0.25) is 14.4 Å². The number of aromatic nitrogens is 6. The number of hydrogen-bond acceptors (Lipinski definition) is 9. The molecule has 2 saturated heterocycles. The molecule has 0 spiro atoms. The number of nitrogens with zero attached hydrogens (tertiary/aromatic N) is 9. The lowest BCUT2D eigenvalue weighted by Crippen LogP contribution is -2.51. The van der Waals surface area contributed by atoms with Gasteiger partial charge in [0.15, 0.2) is 17.0 Å². The van der Waals surface area contributed by atoms with Crippen molar-refractivity contribution in [2.45, 2.75) is 32.9 Å². The van der Waals surface area contributed by atoms with Gasteiger partial charge in [0, 0.05) is 52.4 Å². The van der Waals surface area contributed by atoms with Crippen LogP contribution in [0.15, 0.2) is 24.3 Å². The molecule has 11 heteroatoms. The monoisotopic (exact) mass is 519 g/mol. The molecule has 0 aliphatic carbocycles. The lowest BCUT2D eigenvalue weighted by atomic mass is 10.1. The largest absolute Gasteiger partial charge is 0.395 e. The second-order valence-electron chi connectivity index (χ2n) is 10.2. The normalized spacial score (nSPS) is 18.6. The molecule has 4 aromatic rings. The Labute approximate surface area is 222 Å². The van der Waals surface area contributed by atoms with E-state index in [2.05, 4.69) is 39.3 Å². The van der Waals surface area contributed by atoms with Gasteiger partial charge < -0.3 is 19.3 Å². The molecule has 202 valence electrons. The molecule has 1 aromatic carbocycles. The van der Waals surface area contributed by atoms with E-state index in [1.807, 2.05) is 29.7 Å². The standard InChI is InChI=1S/C27H37N9O2/c1-4-20(18-37)34-11-9-33(10-12-34)17-23-29-24-25(32(23)3)30-27(31-26(24)35-13-15-38-16-14-35)36-19(2)28-21-7-5-6-8-22(21)36/h5-8,20,37H,4,9-18H2,1-3H3/t20-/m1/s1. The third-order valence-electron chi connectivity index (χ3n) is 7.99. The summed E-state index contributed by atoms with van der Waals surface area (Å²) in [5, 5.41) is 9.70. The summed E-state index contributed by atoms with van der Waals surface area (Å²) in [6, 6.07) is 8.35. The molecule has 1 N–H and O–H groups in total. The second-order valence-corrected chi connectivity index (χ2v) is 10.2. The lowest BCUT2D eigenvalue weighted by Gasteiger charge is -2.38. The number of ether oxygens (including phenoxy) is 1. The van der Waals surface area contributed by atoms with E-state index in [1.165, 1.54) is 0 Å². The zero-order chi connectivity index (χ0) is 26.2. The number of morpholine rings is 1. The number of imidazole rings is 2. The number of para-hydroxylation sites is 2. The maximum atomic E-state index is 9.70. The predicted molar refractivity (Wildman–Crippen MR) is 147 cm³/mol. The van der Waals surface area contributed by atoms with Gasteiger partial charge in [-0.15, -0.1) is 0 Å². The fourth-order valence-electron chi connectivity index (χ4n) is 5.71. The Balaban J connectivity index is 1.37. The van der Waals surface area contributed by atoms with Crippen molar-refractivity contribution >= 4 is 28.0 Å². The van der Waals surface area contributed by atoms with Crippen molar-refractivity contribution in [2.75, 3.05) is 64.0 Å². The summed E-state index contributed by atoms with van der Waals surface area (Å²) in [5.74, 6) is 3.30. The van der Waals surface area contributed by atoms with Crippen LogP contribution in [0.1, 0.15) is 25.0 Å². The Morgan fingerprint density at radius 1 is 0.974 bits per heavy atom. The minimum absolute atomic E-state index is 0.220. The minimum Gasteiger partial charge on any atom is -0.395 e. The lowest BCUT2D eigenvalue weighted by molar-refractivity contribution is 0.0596. The van der Waals surface area contributed by atoms with E-state index in [0.717, 1.165) is 91.9 Å². The van der Waals surface area contributed by atoms with E-state index in [9.17, 15) is 5.11 Å². The molecule has 38 heavy (non-hydrogen) atoms. The van der Waals surface area contributed by atoms with Crippen molar-refractivity contribution in [1.29, 1.82) is 0 Å². The van der Waals surface area contributed by atoms with Gasteiger partial charge in [0.2, 0.25) is 5.95 Å². The maximum absolute atomic E-state index is 9.70. The summed E-state index contributed by atoms with van der Waals surface area (Å²) in [6.07, 6.45) is 0.970. The van der Waals surface area contributed by atoms with Crippen molar-refractivity contribution < 1.29 is 9.84 Å². The fourth-order valence-corrected chi connectivity index (χ4v) is 5.71. The Kier molecular flexibility index (Phi) is 7.00. The highest BCUT2D eigenvalue weighted by Gasteiger charge is 2.26. The molecular formula is C27H37N9O2. The highest BCUT2D eigenvalue weighted by Crippen LogP contribution is 2.28. The molecule has 11 nitrogen and oxygen atoms in total. The van der Waals surface area contributed by atoms with Crippen molar-refractivity contribution in [1.82, 2.24) is 38.9 Å². The SMILES string of the molecule is CC[C@H](CO)N1CCN(Cc2nc3c(N4CCOCC4)nc(-n4c(C)nc5ccccc54)nc3n2C)CC1. The molecule has 3 aromatic heterocycles. The number of aryl methyl sites for hydroxylation is 2. The maximum Gasteiger partial charge on any atom is 0.239 e. The Morgan fingerprint density at radius 3 is 2.47 bits per heavy atom. The number of benzene rings is 1. The van der Waals surface area contributed by atoms with Crippen LogP contribution in [0.5, 0.6) is 0 Å². The molecule has 2 fully saturated rings. The van der Waals surface area contributed by atoms with Crippen LogP contribution < -0.4 is 4.90 Å². The molecule has 1 atom stereocenters. The summed E-state index contributed by atoms with van der Waals surface area (Å²) in [4.78, 5) is 27.1. The van der Waals surface area contributed by atoms with Crippen LogP contribution in [-0.4, -0.2) is 109 Å².